The largest absolute Gasteiger partial charge is 0.372 e. The maximum atomic E-state index is 13.9. The molecule has 15 heteroatoms. The molecule has 4 aliphatic rings. The quantitative estimate of drug-likeness (QED) is 0.483. The van der Waals surface area contributed by atoms with Crippen LogP contribution in [0.2, 0.25) is 0 Å². The van der Waals surface area contributed by atoms with Crippen LogP contribution < -0.4 is 10.0 Å². The van der Waals surface area contributed by atoms with E-state index in [-0.39, 0.29) is 46.6 Å². The Kier molecular flexibility index (Phi) is 5.99. The normalized spacial score (nSPS) is 29.6. The molecule has 1 aromatic heterocycles. The first kappa shape index (κ1) is 25.6. The average molecular weight is 583 g/mol. The molecule has 0 aliphatic carbocycles. The van der Waals surface area contributed by atoms with Crippen molar-refractivity contribution in [3.05, 3.63) is 46.6 Å². The van der Waals surface area contributed by atoms with Gasteiger partial charge in [-0.3, -0.25) is 9.59 Å². The van der Waals surface area contributed by atoms with Crippen molar-refractivity contribution in [2.24, 2.45) is 16.2 Å². The van der Waals surface area contributed by atoms with Crippen molar-refractivity contribution in [1.29, 1.82) is 0 Å². The Morgan fingerprint density at radius 3 is 2.63 bits per heavy atom. The zero-order valence-corrected chi connectivity index (χ0v) is 22.4. The number of nitrogens with zero attached hydrogens (tertiary/aromatic N) is 2. The molecule has 3 fully saturated rings. The number of ether oxygens (including phenoxy) is 1. The molecule has 5 atom stereocenters. The molecule has 4 aliphatic heterocycles. The number of halogens is 1. The van der Waals surface area contributed by atoms with Crippen LogP contribution in [0.3, 0.4) is 0 Å². The van der Waals surface area contributed by atoms with Gasteiger partial charge in [-0.05, 0) is 35.9 Å². The summed E-state index contributed by atoms with van der Waals surface area (Å²) in [5, 5.41) is 4.50. The summed E-state index contributed by atoms with van der Waals surface area (Å²) in [6, 6.07) is 5.19. The molecule has 5 heterocycles. The van der Waals surface area contributed by atoms with E-state index in [0.717, 1.165) is 17.6 Å². The Labute approximate surface area is 222 Å². The van der Waals surface area contributed by atoms with Gasteiger partial charge in [0.25, 0.3) is 10.0 Å². The van der Waals surface area contributed by atoms with Gasteiger partial charge in [-0.15, -0.1) is 15.7 Å². The number of fused-ring (bicyclic) bond motifs is 6. The molecule has 38 heavy (non-hydrogen) atoms. The summed E-state index contributed by atoms with van der Waals surface area (Å²) in [6.07, 6.45) is 1.63. The predicted molar refractivity (Wildman–Crippen MR) is 135 cm³/mol. The minimum atomic E-state index is -4.35. The van der Waals surface area contributed by atoms with Crippen LogP contribution in [0.5, 0.6) is 0 Å². The van der Waals surface area contributed by atoms with E-state index < -0.39 is 55.4 Å². The number of amides is 1. The molecule has 0 radical (unpaired) electrons. The number of carbonyl (C=O) groups is 2. The molecule has 11 nitrogen and oxygen atoms in total. The molecule has 2 N–H and O–H groups in total. The number of piperidine rings is 1. The number of amidine groups is 1. The van der Waals surface area contributed by atoms with E-state index in [9.17, 15) is 30.8 Å². The molecular formula is C23H23FN4O7S3. The molecule has 0 spiro atoms. The zero-order chi connectivity index (χ0) is 27.0. The first-order valence-corrected chi connectivity index (χ1v) is 16.0. The van der Waals surface area contributed by atoms with Crippen molar-refractivity contribution >= 4 is 53.9 Å². The Bertz CT molecular complexity index is 1590. The minimum absolute atomic E-state index is 0.0994. The first-order valence-electron chi connectivity index (χ1n) is 11.8. The number of Topliss-reactive ketones (excluding diaryl/α,β-unsaturated/α-hetero) is 1. The van der Waals surface area contributed by atoms with Crippen LogP contribution in [0.4, 0.5) is 9.39 Å². The second-order valence-corrected chi connectivity index (χ2v) is 14.1. The highest BCUT2D eigenvalue weighted by molar-refractivity contribution is 7.91. The highest BCUT2D eigenvalue weighted by Crippen LogP contribution is 2.47. The summed E-state index contributed by atoms with van der Waals surface area (Å²) in [5.41, 5.74) is 0.857. The van der Waals surface area contributed by atoms with Gasteiger partial charge in [-0.25, -0.2) is 17.5 Å². The number of carbonyl (C=O) groups excluding carboxylic acids is 2. The Balaban J connectivity index is 1.35. The average Bonchev–Trinajstić information content (AvgIpc) is 3.56. The third-order valence-electron chi connectivity index (χ3n) is 7.34. The lowest BCUT2D eigenvalue weighted by molar-refractivity contribution is -0.151. The number of thiophene rings is 1. The third kappa shape index (κ3) is 4.25. The lowest BCUT2D eigenvalue weighted by Gasteiger charge is -2.44. The summed E-state index contributed by atoms with van der Waals surface area (Å²) in [7, 11) is -7.93. The molecule has 1 aromatic carbocycles. The van der Waals surface area contributed by atoms with Crippen molar-refractivity contribution in [3.8, 4) is 0 Å². The first-order chi connectivity index (χ1) is 17.9. The van der Waals surface area contributed by atoms with Crippen molar-refractivity contribution in [1.82, 2.24) is 9.62 Å². The molecular weight excluding hydrogens is 559 g/mol. The molecule has 0 saturated carbocycles. The van der Waals surface area contributed by atoms with Crippen LogP contribution in [-0.2, 0) is 47.5 Å². The van der Waals surface area contributed by atoms with E-state index in [1.807, 2.05) is 0 Å². The van der Waals surface area contributed by atoms with Gasteiger partial charge in [0.15, 0.2) is 11.7 Å². The lowest BCUT2D eigenvalue weighted by atomic mass is 9.73. The van der Waals surface area contributed by atoms with Gasteiger partial charge in [0.2, 0.25) is 15.9 Å². The van der Waals surface area contributed by atoms with E-state index in [0.29, 0.717) is 18.4 Å². The van der Waals surface area contributed by atoms with Gasteiger partial charge >= 0.3 is 0 Å². The summed E-state index contributed by atoms with van der Waals surface area (Å²) < 4.78 is 75.0. The van der Waals surface area contributed by atoms with Crippen molar-refractivity contribution in [3.63, 3.8) is 0 Å². The molecule has 1 amide bonds. The van der Waals surface area contributed by atoms with Crippen molar-refractivity contribution in [2.45, 2.75) is 49.1 Å². The Morgan fingerprint density at radius 2 is 1.92 bits per heavy atom. The second-order valence-electron chi connectivity index (χ2n) is 9.82. The highest BCUT2D eigenvalue weighted by Gasteiger charge is 2.62. The minimum Gasteiger partial charge on any atom is -0.372 e. The molecule has 202 valence electrons. The molecule has 2 bridgehead atoms. The molecule has 3 saturated heterocycles. The zero-order valence-electron chi connectivity index (χ0n) is 20.0. The fourth-order valence-corrected chi connectivity index (χ4v) is 8.84. The number of sulfonamides is 2. The number of ketones is 1. The van der Waals surface area contributed by atoms with E-state index in [2.05, 4.69) is 14.4 Å². The van der Waals surface area contributed by atoms with Gasteiger partial charge in [0.05, 0.1) is 30.4 Å². The summed E-state index contributed by atoms with van der Waals surface area (Å²) >= 11 is 1.01. The van der Waals surface area contributed by atoms with Gasteiger partial charge in [-0.1, -0.05) is 12.1 Å². The Hall–Kier alpha value is -2.72. The number of hydrogen-bond donors (Lipinski definition) is 2. The number of hydrogen-bond acceptors (Lipinski definition) is 9. The summed E-state index contributed by atoms with van der Waals surface area (Å²) in [4.78, 5) is 28.9. The van der Waals surface area contributed by atoms with Crippen LogP contribution in [0, 0.1) is 17.7 Å². The maximum Gasteiger partial charge on any atom is 0.287 e. The lowest BCUT2D eigenvalue weighted by Crippen LogP contribution is -2.62. The van der Waals surface area contributed by atoms with Gasteiger partial charge in [0.1, 0.15) is 21.5 Å². The van der Waals surface area contributed by atoms with Crippen LogP contribution in [-0.4, -0.2) is 63.8 Å². The molecule has 5 unspecified atom stereocenters. The Morgan fingerprint density at radius 1 is 1.21 bits per heavy atom. The topological polar surface area (TPSA) is 151 Å². The number of rotatable bonds is 6. The van der Waals surface area contributed by atoms with E-state index in [4.69, 9.17) is 4.74 Å². The van der Waals surface area contributed by atoms with Crippen LogP contribution in [0.15, 0.2) is 38.9 Å². The van der Waals surface area contributed by atoms with Crippen molar-refractivity contribution < 1.29 is 35.6 Å². The van der Waals surface area contributed by atoms with Crippen molar-refractivity contribution in [2.75, 3.05) is 11.6 Å². The number of nitrogens with one attached hydrogen (secondary N) is 2. The van der Waals surface area contributed by atoms with Crippen LogP contribution in [0.1, 0.15) is 24.0 Å². The van der Waals surface area contributed by atoms with E-state index >= 15 is 0 Å². The summed E-state index contributed by atoms with van der Waals surface area (Å²) in [5.74, 6) is -3.87. The van der Waals surface area contributed by atoms with Crippen LogP contribution >= 0.6 is 11.3 Å². The van der Waals surface area contributed by atoms with E-state index in [1.54, 1.807) is 12.1 Å². The van der Waals surface area contributed by atoms with Gasteiger partial charge in [-0.2, -0.15) is 8.42 Å². The van der Waals surface area contributed by atoms with Gasteiger partial charge < -0.3 is 15.0 Å². The molecule has 6 rings (SSSR count). The molecule has 2 aromatic rings. The monoisotopic (exact) mass is 582 g/mol. The summed E-state index contributed by atoms with van der Waals surface area (Å²) in [6.45, 7) is -0.157. The number of benzene rings is 1. The standard InChI is InChI=1S/C23H23FN4O7S3/c1-37(31,32)25-8-12-10-36-22-20(12)38(33,34)27-21(26-22)17-19(29)16-14-6-7-15(35-14)18(16)28(23(17)30)9-11-2-4-13(24)5-3-11/h2-5,10,14-18,25H,6-9H2,1H3,(H,26,27). The highest BCUT2D eigenvalue weighted by atomic mass is 32.2. The second kappa shape index (κ2) is 8.91. The van der Waals surface area contributed by atoms with Gasteiger partial charge in [0, 0.05) is 18.7 Å². The van der Waals surface area contributed by atoms with Crippen LogP contribution in [0.25, 0.3) is 0 Å². The third-order valence-corrected chi connectivity index (χ3v) is 10.5. The smallest absolute Gasteiger partial charge is 0.287 e. The fraction of sp³-hybridized carbons (Fsp3) is 0.435. The maximum absolute atomic E-state index is 13.9. The number of anilines is 1. The fourth-order valence-electron chi connectivity index (χ4n) is 5.77. The predicted octanol–water partition coefficient (Wildman–Crippen LogP) is 1.22. The number of likely N-dealkylation sites (tertiary alicyclic amines) is 1. The SMILES string of the molecule is CS(=O)(=O)NCc1csc2c1S(=O)(=O)N=C(C1C(=O)C3C4CCC(O4)C3N(Cc3ccc(F)cc3)C1=O)N2. The van der Waals surface area contributed by atoms with E-state index in [1.165, 1.54) is 22.4 Å².